The fourth-order valence-corrected chi connectivity index (χ4v) is 3.94. The van der Waals surface area contributed by atoms with Crippen LogP contribution in [0.5, 0.6) is 0 Å². The van der Waals surface area contributed by atoms with E-state index >= 15 is 0 Å². The van der Waals surface area contributed by atoms with Gasteiger partial charge in [0.25, 0.3) is 0 Å². The predicted molar refractivity (Wildman–Crippen MR) is 137 cm³/mol. The highest BCUT2D eigenvalue weighted by molar-refractivity contribution is 14.0. The summed E-state index contributed by atoms with van der Waals surface area (Å²) >= 11 is 0. The molecule has 1 aliphatic rings. The number of benzene rings is 2. The van der Waals surface area contributed by atoms with Gasteiger partial charge in [0.15, 0.2) is 5.96 Å². The quantitative estimate of drug-likeness (QED) is 0.289. The third-order valence-electron chi connectivity index (χ3n) is 5.60. The van der Waals surface area contributed by atoms with Gasteiger partial charge in [-0.25, -0.2) is 0 Å². The van der Waals surface area contributed by atoms with E-state index < -0.39 is 0 Å². The summed E-state index contributed by atoms with van der Waals surface area (Å²) in [5.74, 6) is 0.777. The van der Waals surface area contributed by atoms with E-state index in [0.29, 0.717) is 6.54 Å². The van der Waals surface area contributed by atoms with Crippen LogP contribution < -0.4 is 15.5 Å². The average Bonchev–Trinajstić information content (AvgIpc) is 3.31. The summed E-state index contributed by atoms with van der Waals surface area (Å²) in [7, 11) is 1.80. The zero-order valence-corrected chi connectivity index (χ0v) is 20.0. The fraction of sp³-hybridized carbons (Fsp3) is 0.333. The van der Waals surface area contributed by atoms with Gasteiger partial charge in [-0.1, -0.05) is 36.4 Å². The maximum Gasteiger partial charge on any atom is 0.191 e. The molecule has 0 amide bonds. The number of rotatable bonds is 5. The molecule has 2 aromatic carbocycles. The molecule has 1 fully saturated rings. The molecule has 4 rings (SSSR count). The van der Waals surface area contributed by atoms with E-state index in [4.69, 9.17) is 0 Å². The second kappa shape index (κ2) is 10.6. The van der Waals surface area contributed by atoms with Crippen molar-refractivity contribution in [1.29, 1.82) is 0 Å². The number of hydrogen-bond acceptors (Lipinski definition) is 3. The van der Waals surface area contributed by atoms with Crippen molar-refractivity contribution in [1.82, 2.24) is 15.6 Å². The third-order valence-corrected chi connectivity index (χ3v) is 5.60. The number of pyridine rings is 1. The SMILES string of the molecule is CN=C(NCc1nccc2ccccc12)NC(C)c1cccc(N2CCCC2)c1.I. The lowest BCUT2D eigenvalue weighted by molar-refractivity contribution is 0.683. The zero-order chi connectivity index (χ0) is 20.1. The van der Waals surface area contributed by atoms with Gasteiger partial charge in [-0.2, -0.15) is 0 Å². The van der Waals surface area contributed by atoms with Gasteiger partial charge >= 0.3 is 0 Å². The van der Waals surface area contributed by atoms with Crippen LogP contribution in [0.2, 0.25) is 0 Å². The summed E-state index contributed by atoms with van der Waals surface area (Å²) in [6.45, 7) is 5.12. The number of aliphatic imine (C=N–C) groups is 1. The first-order chi connectivity index (χ1) is 14.2. The summed E-state index contributed by atoms with van der Waals surface area (Å²) in [5.41, 5.74) is 3.60. The normalized spacial score (nSPS) is 15.0. The number of fused-ring (bicyclic) bond motifs is 1. The first kappa shape index (κ1) is 22.3. The molecule has 2 heterocycles. The molecule has 0 spiro atoms. The smallest absolute Gasteiger partial charge is 0.191 e. The Morgan fingerprint density at radius 1 is 1.10 bits per heavy atom. The van der Waals surface area contributed by atoms with Gasteiger partial charge < -0.3 is 15.5 Å². The fourth-order valence-electron chi connectivity index (χ4n) is 3.94. The maximum atomic E-state index is 4.56. The molecule has 0 bridgehead atoms. The van der Waals surface area contributed by atoms with Gasteiger partial charge in [-0.15, -0.1) is 24.0 Å². The van der Waals surface area contributed by atoms with Crippen LogP contribution >= 0.6 is 24.0 Å². The van der Waals surface area contributed by atoms with E-state index in [9.17, 15) is 0 Å². The molecule has 1 atom stereocenters. The van der Waals surface area contributed by atoms with Crippen molar-refractivity contribution in [3.05, 3.63) is 72.1 Å². The highest BCUT2D eigenvalue weighted by atomic mass is 127. The van der Waals surface area contributed by atoms with E-state index in [1.54, 1.807) is 7.05 Å². The Hall–Kier alpha value is -2.35. The molecular weight excluding hydrogens is 485 g/mol. The van der Waals surface area contributed by atoms with Crippen molar-refractivity contribution >= 4 is 46.4 Å². The van der Waals surface area contributed by atoms with Crippen LogP contribution in [-0.4, -0.2) is 31.1 Å². The van der Waals surface area contributed by atoms with Gasteiger partial charge in [0.1, 0.15) is 0 Å². The maximum absolute atomic E-state index is 4.56. The molecule has 30 heavy (non-hydrogen) atoms. The van der Waals surface area contributed by atoms with Crippen molar-refractivity contribution in [2.75, 3.05) is 25.0 Å². The van der Waals surface area contributed by atoms with Gasteiger partial charge in [-0.3, -0.25) is 9.98 Å². The summed E-state index contributed by atoms with van der Waals surface area (Å²) in [4.78, 5) is 11.4. The highest BCUT2D eigenvalue weighted by Gasteiger charge is 2.14. The summed E-state index contributed by atoms with van der Waals surface area (Å²) in [5, 5.41) is 9.30. The molecular formula is C24H30IN5. The summed E-state index contributed by atoms with van der Waals surface area (Å²) in [6, 6.07) is 19.4. The largest absolute Gasteiger partial charge is 0.372 e. The van der Waals surface area contributed by atoms with Crippen molar-refractivity contribution < 1.29 is 0 Å². The molecule has 1 aliphatic heterocycles. The second-order valence-electron chi connectivity index (χ2n) is 7.56. The lowest BCUT2D eigenvalue weighted by Crippen LogP contribution is -2.38. The Morgan fingerprint density at radius 2 is 1.90 bits per heavy atom. The Balaban J connectivity index is 0.00000256. The Labute approximate surface area is 196 Å². The van der Waals surface area contributed by atoms with Crippen LogP contribution in [0, 0.1) is 0 Å². The molecule has 2 N–H and O–H groups in total. The molecule has 158 valence electrons. The van der Waals surface area contributed by atoms with Crippen molar-refractivity contribution in [3.63, 3.8) is 0 Å². The van der Waals surface area contributed by atoms with Crippen molar-refractivity contribution in [3.8, 4) is 0 Å². The number of hydrogen-bond donors (Lipinski definition) is 2. The van der Waals surface area contributed by atoms with Gasteiger partial charge in [0.2, 0.25) is 0 Å². The van der Waals surface area contributed by atoms with E-state index in [2.05, 4.69) is 81.0 Å². The standard InChI is InChI=1S/C24H29N5.HI/c1-18(20-9-7-10-21(16-20)29-14-5-6-15-29)28-24(25-2)27-17-23-22-11-4-3-8-19(22)12-13-26-23;/h3-4,7-13,16,18H,5-6,14-15,17H2,1-2H3,(H2,25,27,28);1H. The monoisotopic (exact) mass is 515 g/mol. The summed E-state index contributed by atoms with van der Waals surface area (Å²) in [6.07, 6.45) is 4.44. The van der Waals surface area contributed by atoms with Crippen molar-refractivity contribution in [2.45, 2.75) is 32.4 Å². The van der Waals surface area contributed by atoms with Crippen LogP contribution in [0.3, 0.4) is 0 Å². The molecule has 1 unspecified atom stereocenters. The van der Waals surface area contributed by atoms with Gasteiger partial charge in [0, 0.05) is 37.4 Å². The minimum Gasteiger partial charge on any atom is -0.372 e. The van der Waals surface area contributed by atoms with E-state index in [1.165, 1.54) is 34.9 Å². The van der Waals surface area contributed by atoms with Crippen LogP contribution in [-0.2, 0) is 6.54 Å². The molecule has 5 nitrogen and oxygen atoms in total. The number of aromatic nitrogens is 1. The van der Waals surface area contributed by atoms with Crippen LogP contribution in [0.1, 0.15) is 37.1 Å². The first-order valence-electron chi connectivity index (χ1n) is 10.4. The Kier molecular flexibility index (Phi) is 7.90. The van der Waals surface area contributed by atoms with Crippen molar-refractivity contribution in [2.24, 2.45) is 4.99 Å². The van der Waals surface area contributed by atoms with Gasteiger partial charge in [-0.05, 0) is 48.9 Å². The molecule has 0 aliphatic carbocycles. The molecule has 0 radical (unpaired) electrons. The summed E-state index contributed by atoms with van der Waals surface area (Å²) < 4.78 is 0. The Bertz CT molecular complexity index is 992. The minimum atomic E-state index is 0. The van der Waals surface area contributed by atoms with Crippen LogP contribution in [0.15, 0.2) is 65.8 Å². The van der Waals surface area contributed by atoms with E-state index in [-0.39, 0.29) is 30.0 Å². The number of guanidine groups is 1. The zero-order valence-electron chi connectivity index (χ0n) is 17.6. The minimum absolute atomic E-state index is 0. The molecule has 6 heteroatoms. The molecule has 1 saturated heterocycles. The van der Waals surface area contributed by atoms with Gasteiger partial charge in [0.05, 0.1) is 18.3 Å². The predicted octanol–water partition coefficient (Wildman–Crippen LogP) is 4.88. The third kappa shape index (κ3) is 5.22. The number of nitrogens with one attached hydrogen (secondary N) is 2. The lowest BCUT2D eigenvalue weighted by Gasteiger charge is -2.22. The lowest BCUT2D eigenvalue weighted by atomic mass is 10.1. The highest BCUT2D eigenvalue weighted by Crippen LogP contribution is 2.24. The van der Waals surface area contributed by atoms with Crippen LogP contribution in [0.4, 0.5) is 5.69 Å². The topological polar surface area (TPSA) is 52.6 Å². The van der Waals surface area contributed by atoms with E-state index in [0.717, 1.165) is 24.7 Å². The second-order valence-corrected chi connectivity index (χ2v) is 7.56. The van der Waals surface area contributed by atoms with Crippen LogP contribution in [0.25, 0.3) is 10.8 Å². The number of halogens is 1. The number of anilines is 1. The van der Waals surface area contributed by atoms with E-state index in [1.807, 2.05) is 12.3 Å². The molecule has 1 aromatic heterocycles. The average molecular weight is 515 g/mol. The molecule has 3 aromatic rings. The Morgan fingerprint density at radius 3 is 2.70 bits per heavy atom. The molecule has 0 saturated carbocycles. The number of nitrogens with zero attached hydrogens (tertiary/aromatic N) is 3. The first-order valence-corrected chi connectivity index (χ1v) is 10.4.